The number of rotatable bonds is 6. The Bertz CT molecular complexity index is 805. The third-order valence-corrected chi connectivity index (χ3v) is 3.83. The lowest BCUT2D eigenvalue weighted by molar-refractivity contribution is 0.0696. The fourth-order valence-electron chi connectivity index (χ4n) is 2.06. The van der Waals surface area contributed by atoms with Gasteiger partial charge in [-0.15, -0.1) is 0 Å². The molecule has 2 aromatic carbocycles. The van der Waals surface area contributed by atoms with Crippen LogP contribution in [0, 0.1) is 0 Å². The van der Waals surface area contributed by atoms with Crippen LogP contribution >= 0.6 is 12.2 Å². The van der Waals surface area contributed by atoms with Gasteiger partial charge in [-0.3, -0.25) is 10.1 Å². The largest absolute Gasteiger partial charge is 0.491 e. The summed E-state index contributed by atoms with van der Waals surface area (Å²) in [5, 5.41) is 14.4. The summed E-state index contributed by atoms with van der Waals surface area (Å²) < 4.78 is 5.71. The van der Waals surface area contributed by atoms with Crippen LogP contribution in [0.3, 0.4) is 0 Å². The van der Waals surface area contributed by atoms with Crippen LogP contribution in [0.25, 0.3) is 0 Å². The molecule has 0 spiro atoms. The molecule has 0 fully saturated rings. The second-order valence-corrected chi connectivity index (χ2v) is 6.06. The number of amides is 1. The molecule has 0 saturated carbocycles. The van der Waals surface area contributed by atoms with Gasteiger partial charge in [-0.05, 0) is 68.0 Å². The van der Waals surface area contributed by atoms with Crippen LogP contribution in [0.1, 0.15) is 41.0 Å². The SMILES string of the molecule is CC[C@@H](C)Oc1cccc(C(=O)NC(=S)Nc2ccc(C(=O)O)cc2)c1. The van der Waals surface area contributed by atoms with Crippen molar-refractivity contribution in [3.63, 3.8) is 0 Å². The highest BCUT2D eigenvalue weighted by molar-refractivity contribution is 7.80. The van der Waals surface area contributed by atoms with E-state index < -0.39 is 5.97 Å². The third kappa shape index (κ3) is 5.56. The highest BCUT2D eigenvalue weighted by atomic mass is 32.1. The molecular weight excluding hydrogens is 352 g/mol. The molecule has 0 aliphatic heterocycles. The van der Waals surface area contributed by atoms with Gasteiger partial charge in [0, 0.05) is 11.3 Å². The first kappa shape index (κ1) is 19.4. The molecule has 136 valence electrons. The number of aromatic carboxylic acids is 1. The van der Waals surface area contributed by atoms with E-state index in [1.54, 1.807) is 36.4 Å². The van der Waals surface area contributed by atoms with Gasteiger partial charge in [-0.2, -0.15) is 0 Å². The van der Waals surface area contributed by atoms with E-state index >= 15 is 0 Å². The molecule has 0 saturated heterocycles. The number of benzene rings is 2. The van der Waals surface area contributed by atoms with E-state index in [0.29, 0.717) is 17.0 Å². The van der Waals surface area contributed by atoms with Gasteiger partial charge in [0.15, 0.2) is 5.11 Å². The van der Waals surface area contributed by atoms with Crippen molar-refractivity contribution in [2.24, 2.45) is 0 Å². The lowest BCUT2D eigenvalue weighted by Crippen LogP contribution is -2.34. The topological polar surface area (TPSA) is 87.7 Å². The highest BCUT2D eigenvalue weighted by Gasteiger charge is 2.10. The molecule has 2 aromatic rings. The summed E-state index contributed by atoms with van der Waals surface area (Å²) >= 11 is 5.13. The predicted molar refractivity (Wildman–Crippen MR) is 104 cm³/mol. The Labute approximate surface area is 157 Å². The maximum Gasteiger partial charge on any atom is 0.335 e. The van der Waals surface area contributed by atoms with E-state index in [4.69, 9.17) is 22.1 Å². The quantitative estimate of drug-likeness (QED) is 0.671. The van der Waals surface area contributed by atoms with E-state index in [1.807, 2.05) is 13.8 Å². The van der Waals surface area contributed by atoms with Gasteiger partial charge in [-0.1, -0.05) is 13.0 Å². The van der Waals surface area contributed by atoms with Crippen LogP contribution in [-0.2, 0) is 0 Å². The zero-order valence-corrected chi connectivity index (χ0v) is 15.3. The van der Waals surface area contributed by atoms with Crippen molar-refractivity contribution in [3.8, 4) is 5.75 Å². The Kier molecular flexibility index (Phi) is 6.68. The molecule has 0 heterocycles. The molecule has 0 aliphatic rings. The highest BCUT2D eigenvalue weighted by Crippen LogP contribution is 2.16. The third-order valence-electron chi connectivity index (χ3n) is 3.63. The molecule has 1 amide bonds. The van der Waals surface area contributed by atoms with Crippen LogP contribution in [0.4, 0.5) is 5.69 Å². The number of hydrogen-bond acceptors (Lipinski definition) is 4. The summed E-state index contributed by atoms with van der Waals surface area (Å²) in [4.78, 5) is 23.2. The Morgan fingerprint density at radius 2 is 1.85 bits per heavy atom. The van der Waals surface area contributed by atoms with Crippen LogP contribution in [0.2, 0.25) is 0 Å². The van der Waals surface area contributed by atoms with Crippen molar-refractivity contribution < 1.29 is 19.4 Å². The van der Waals surface area contributed by atoms with Crippen LogP contribution < -0.4 is 15.4 Å². The minimum Gasteiger partial charge on any atom is -0.491 e. The van der Waals surface area contributed by atoms with Crippen molar-refractivity contribution in [1.82, 2.24) is 5.32 Å². The molecule has 0 aromatic heterocycles. The molecule has 7 heteroatoms. The van der Waals surface area contributed by atoms with Crippen LogP contribution in [0.5, 0.6) is 5.75 Å². The second-order valence-electron chi connectivity index (χ2n) is 5.66. The van der Waals surface area contributed by atoms with Crippen molar-refractivity contribution in [2.75, 3.05) is 5.32 Å². The average Bonchev–Trinajstić information content (AvgIpc) is 2.62. The summed E-state index contributed by atoms with van der Waals surface area (Å²) in [5.74, 6) is -0.749. The second kappa shape index (κ2) is 8.96. The molecule has 1 atom stereocenters. The summed E-state index contributed by atoms with van der Waals surface area (Å²) in [6.45, 7) is 3.98. The summed E-state index contributed by atoms with van der Waals surface area (Å²) in [7, 11) is 0. The fourth-order valence-corrected chi connectivity index (χ4v) is 2.27. The number of hydrogen-bond donors (Lipinski definition) is 3. The van der Waals surface area contributed by atoms with Crippen molar-refractivity contribution >= 4 is 34.9 Å². The summed E-state index contributed by atoms with van der Waals surface area (Å²) in [6.07, 6.45) is 0.926. The average molecular weight is 372 g/mol. The monoisotopic (exact) mass is 372 g/mol. The zero-order valence-electron chi connectivity index (χ0n) is 14.5. The fraction of sp³-hybridized carbons (Fsp3) is 0.211. The Balaban J connectivity index is 1.97. The Morgan fingerprint density at radius 3 is 2.46 bits per heavy atom. The molecule has 2 rings (SSSR count). The van der Waals surface area contributed by atoms with E-state index in [-0.39, 0.29) is 22.7 Å². The standard InChI is InChI=1S/C19H20N2O4S/c1-3-12(2)25-16-6-4-5-14(11-16)17(22)21-19(26)20-15-9-7-13(8-10-15)18(23)24/h4-12H,3H2,1-2H3,(H,23,24)(H2,20,21,22,26)/t12-/m1/s1. The van der Waals surface area contributed by atoms with Gasteiger partial charge >= 0.3 is 5.97 Å². The number of anilines is 1. The van der Waals surface area contributed by atoms with E-state index in [0.717, 1.165) is 6.42 Å². The van der Waals surface area contributed by atoms with Gasteiger partial charge in [-0.25, -0.2) is 4.79 Å². The minimum atomic E-state index is -1.01. The predicted octanol–water partition coefficient (Wildman–Crippen LogP) is 3.69. The van der Waals surface area contributed by atoms with Crippen LogP contribution in [-0.4, -0.2) is 28.2 Å². The molecule has 0 aliphatic carbocycles. The molecule has 0 unspecified atom stereocenters. The van der Waals surface area contributed by atoms with Crippen molar-refractivity contribution in [3.05, 3.63) is 59.7 Å². The number of carboxylic acids is 1. The van der Waals surface area contributed by atoms with E-state index in [9.17, 15) is 9.59 Å². The first-order valence-corrected chi connectivity index (χ1v) is 8.52. The van der Waals surface area contributed by atoms with Crippen molar-refractivity contribution in [2.45, 2.75) is 26.4 Å². The summed E-state index contributed by atoms with van der Waals surface area (Å²) in [5.41, 5.74) is 1.17. The molecule has 0 radical (unpaired) electrons. The summed E-state index contributed by atoms with van der Waals surface area (Å²) in [6, 6.07) is 12.9. The molecule has 0 bridgehead atoms. The number of carboxylic acid groups (broad SMARTS) is 1. The van der Waals surface area contributed by atoms with Gasteiger partial charge in [0.2, 0.25) is 0 Å². The van der Waals surface area contributed by atoms with E-state index in [1.165, 1.54) is 12.1 Å². The smallest absolute Gasteiger partial charge is 0.335 e. The molecule has 26 heavy (non-hydrogen) atoms. The Morgan fingerprint density at radius 1 is 1.15 bits per heavy atom. The molecule has 6 nitrogen and oxygen atoms in total. The maximum atomic E-state index is 12.3. The number of carbonyl (C=O) groups excluding carboxylic acids is 1. The minimum absolute atomic E-state index is 0.0600. The maximum absolute atomic E-state index is 12.3. The van der Waals surface area contributed by atoms with E-state index in [2.05, 4.69) is 10.6 Å². The van der Waals surface area contributed by atoms with Gasteiger partial charge < -0.3 is 15.2 Å². The molecular formula is C19H20N2O4S. The lowest BCUT2D eigenvalue weighted by atomic mass is 10.2. The van der Waals surface area contributed by atoms with Gasteiger partial charge in [0.05, 0.1) is 11.7 Å². The number of carbonyl (C=O) groups is 2. The number of ether oxygens (including phenoxy) is 1. The number of nitrogens with one attached hydrogen (secondary N) is 2. The first-order valence-electron chi connectivity index (χ1n) is 8.11. The van der Waals surface area contributed by atoms with Gasteiger partial charge in [0.25, 0.3) is 5.91 Å². The first-order chi connectivity index (χ1) is 12.4. The van der Waals surface area contributed by atoms with Crippen molar-refractivity contribution in [1.29, 1.82) is 0 Å². The molecule has 3 N–H and O–H groups in total. The Hall–Kier alpha value is -2.93. The lowest BCUT2D eigenvalue weighted by Gasteiger charge is -2.14. The zero-order chi connectivity index (χ0) is 19.1. The normalized spacial score (nSPS) is 11.3. The van der Waals surface area contributed by atoms with Gasteiger partial charge in [0.1, 0.15) is 5.75 Å². The van der Waals surface area contributed by atoms with Crippen LogP contribution in [0.15, 0.2) is 48.5 Å². The number of thiocarbonyl (C=S) groups is 1.